The van der Waals surface area contributed by atoms with Crippen LogP contribution >= 0.6 is 11.6 Å². The SMILES string of the molecule is O=C(O)C(F)(F)F.O=C(Oc1ccc(Cl)cc1)c1ccc(OC2CNC2)cc1. The molecule has 1 fully saturated rings. The van der Waals surface area contributed by atoms with Crippen molar-refractivity contribution < 1.29 is 37.3 Å². The molecule has 3 rings (SSSR count). The van der Waals surface area contributed by atoms with Gasteiger partial charge < -0.3 is 19.9 Å². The number of carbonyl (C=O) groups is 2. The highest BCUT2D eigenvalue weighted by atomic mass is 35.5. The topological polar surface area (TPSA) is 84.9 Å². The standard InChI is InChI=1S/C16H14ClNO3.C2HF3O2/c17-12-3-7-14(8-4-12)21-16(19)11-1-5-13(6-2-11)20-15-9-18-10-15;3-2(4,5)1(6)7/h1-8,15,18H,9-10H2;(H,6,7). The largest absolute Gasteiger partial charge is 0.490 e. The summed E-state index contributed by atoms with van der Waals surface area (Å²) in [4.78, 5) is 20.9. The van der Waals surface area contributed by atoms with Gasteiger partial charge in [0.15, 0.2) is 0 Å². The van der Waals surface area contributed by atoms with Crippen LogP contribution in [-0.2, 0) is 4.79 Å². The summed E-state index contributed by atoms with van der Waals surface area (Å²) in [6.45, 7) is 1.72. The molecule has 0 radical (unpaired) electrons. The van der Waals surface area contributed by atoms with E-state index in [1.165, 1.54) is 0 Å². The molecule has 6 nitrogen and oxygen atoms in total. The van der Waals surface area contributed by atoms with Crippen molar-refractivity contribution in [2.24, 2.45) is 0 Å². The van der Waals surface area contributed by atoms with Crippen molar-refractivity contribution in [3.8, 4) is 11.5 Å². The molecule has 1 heterocycles. The molecule has 2 N–H and O–H groups in total. The number of nitrogens with one attached hydrogen (secondary N) is 1. The predicted molar refractivity (Wildman–Crippen MR) is 93.8 cm³/mol. The van der Waals surface area contributed by atoms with Crippen LogP contribution in [0.3, 0.4) is 0 Å². The van der Waals surface area contributed by atoms with E-state index in [2.05, 4.69) is 5.32 Å². The number of rotatable bonds is 4. The minimum Gasteiger partial charge on any atom is -0.488 e. The third kappa shape index (κ3) is 6.75. The molecule has 1 saturated heterocycles. The van der Waals surface area contributed by atoms with E-state index in [0.29, 0.717) is 16.3 Å². The number of alkyl halides is 3. The van der Waals surface area contributed by atoms with E-state index in [4.69, 9.17) is 31.0 Å². The maximum Gasteiger partial charge on any atom is 0.490 e. The highest BCUT2D eigenvalue weighted by Crippen LogP contribution is 2.19. The summed E-state index contributed by atoms with van der Waals surface area (Å²) in [5.41, 5.74) is 0.476. The summed E-state index contributed by atoms with van der Waals surface area (Å²) in [5, 5.41) is 10.9. The first-order valence-corrected chi connectivity index (χ1v) is 8.28. The quantitative estimate of drug-likeness (QED) is 0.584. The van der Waals surface area contributed by atoms with Gasteiger partial charge in [-0.25, -0.2) is 9.59 Å². The van der Waals surface area contributed by atoms with Crippen LogP contribution < -0.4 is 14.8 Å². The number of carbonyl (C=O) groups excluding carboxylic acids is 1. The van der Waals surface area contributed by atoms with Crippen LogP contribution in [0.25, 0.3) is 0 Å². The Hall–Kier alpha value is -2.78. The van der Waals surface area contributed by atoms with E-state index in [1.807, 2.05) is 0 Å². The number of hydrogen-bond acceptors (Lipinski definition) is 5. The van der Waals surface area contributed by atoms with Gasteiger partial charge in [-0.15, -0.1) is 0 Å². The molecule has 28 heavy (non-hydrogen) atoms. The third-order valence-electron chi connectivity index (χ3n) is 3.40. The number of esters is 1. The zero-order chi connectivity index (χ0) is 20.7. The van der Waals surface area contributed by atoms with Crippen molar-refractivity contribution in [3.63, 3.8) is 0 Å². The first-order chi connectivity index (χ1) is 13.1. The molecule has 0 aromatic heterocycles. The number of ether oxygens (including phenoxy) is 2. The van der Waals surface area contributed by atoms with Crippen LogP contribution in [0, 0.1) is 0 Å². The van der Waals surface area contributed by atoms with Gasteiger partial charge in [-0.3, -0.25) is 0 Å². The summed E-state index contributed by atoms with van der Waals surface area (Å²) >= 11 is 5.78. The summed E-state index contributed by atoms with van der Waals surface area (Å²) in [5.74, 6) is -1.95. The number of carboxylic acids is 1. The van der Waals surface area contributed by atoms with Gasteiger partial charge in [0, 0.05) is 18.1 Å². The molecule has 0 bridgehead atoms. The molecule has 0 atom stereocenters. The molecule has 0 spiro atoms. The third-order valence-corrected chi connectivity index (χ3v) is 3.66. The van der Waals surface area contributed by atoms with E-state index in [9.17, 15) is 18.0 Å². The van der Waals surface area contributed by atoms with Crippen LogP contribution in [0.2, 0.25) is 5.02 Å². The van der Waals surface area contributed by atoms with E-state index in [1.54, 1.807) is 48.5 Å². The Labute approximate surface area is 162 Å². The number of hydrogen-bond donors (Lipinski definition) is 2. The number of carboxylic acid groups (broad SMARTS) is 1. The lowest BCUT2D eigenvalue weighted by Crippen LogP contribution is -2.50. The van der Waals surface area contributed by atoms with E-state index in [0.717, 1.165) is 18.8 Å². The van der Waals surface area contributed by atoms with Gasteiger partial charge in [0.1, 0.15) is 17.6 Å². The average Bonchev–Trinajstić information content (AvgIpc) is 2.60. The molecule has 1 aliphatic heterocycles. The second-order valence-electron chi connectivity index (χ2n) is 5.57. The molecule has 2 aromatic carbocycles. The lowest BCUT2D eigenvalue weighted by Gasteiger charge is -2.27. The summed E-state index contributed by atoms with van der Waals surface area (Å²) < 4.78 is 42.7. The van der Waals surface area contributed by atoms with Crippen molar-refractivity contribution >= 4 is 23.5 Å². The molecule has 2 aromatic rings. The first kappa shape index (κ1) is 21.5. The molecule has 1 aliphatic rings. The minimum atomic E-state index is -5.08. The Morgan fingerprint density at radius 3 is 1.93 bits per heavy atom. The lowest BCUT2D eigenvalue weighted by atomic mass is 10.2. The van der Waals surface area contributed by atoms with E-state index >= 15 is 0 Å². The fourth-order valence-corrected chi connectivity index (χ4v) is 2.00. The highest BCUT2D eigenvalue weighted by Gasteiger charge is 2.38. The maximum absolute atomic E-state index is 12.0. The van der Waals surface area contributed by atoms with Crippen molar-refractivity contribution in [2.45, 2.75) is 12.3 Å². The van der Waals surface area contributed by atoms with Crippen molar-refractivity contribution in [1.82, 2.24) is 5.32 Å². The Morgan fingerprint density at radius 1 is 1.00 bits per heavy atom. The van der Waals surface area contributed by atoms with Gasteiger partial charge >= 0.3 is 18.1 Å². The van der Waals surface area contributed by atoms with Gasteiger partial charge in [0.2, 0.25) is 0 Å². The molecule has 0 unspecified atom stereocenters. The summed E-state index contributed by atoms with van der Waals surface area (Å²) in [6, 6.07) is 13.6. The Bertz CT molecular complexity index is 805. The second-order valence-corrected chi connectivity index (χ2v) is 6.01. The fourth-order valence-electron chi connectivity index (χ4n) is 1.88. The van der Waals surface area contributed by atoms with Gasteiger partial charge in [-0.1, -0.05) is 11.6 Å². The predicted octanol–water partition coefficient (Wildman–Crippen LogP) is 3.54. The zero-order valence-corrected chi connectivity index (χ0v) is 15.0. The normalized spacial score (nSPS) is 13.6. The van der Waals surface area contributed by atoms with Crippen LogP contribution in [0.15, 0.2) is 48.5 Å². The summed E-state index contributed by atoms with van der Waals surface area (Å²) in [6.07, 6.45) is -4.86. The zero-order valence-electron chi connectivity index (χ0n) is 14.2. The lowest BCUT2D eigenvalue weighted by molar-refractivity contribution is -0.192. The number of benzene rings is 2. The second kappa shape index (κ2) is 9.43. The minimum absolute atomic E-state index is 0.219. The van der Waals surface area contributed by atoms with Crippen molar-refractivity contribution in [2.75, 3.05) is 13.1 Å². The van der Waals surface area contributed by atoms with Gasteiger partial charge in [-0.2, -0.15) is 13.2 Å². The molecule has 150 valence electrons. The number of halogens is 4. The fraction of sp³-hybridized carbons (Fsp3) is 0.222. The molecule has 10 heteroatoms. The smallest absolute Gasteiger partial charge is 0.488 e. The Morgan fingerprint density at radius 2 is 1.50 bits per heavy atom. The van der Waals surface area contributed by atoms with Crippen LogP contribution in [0.5, 0.6) is 11.5 Å². The van der Waals surface area contributed by atoms with Crippen LogP contribution in [0.1, 0.15) is 10.4 Å². The highest BCUT2D eigenvalue weighted by molar-refractivity contribution is 6.30. The van der Waals surface area contributed by atoms with Crippen LogP contribution in [0.4, 0.5) is 13.2 Å². The van der Waals surface area contributed by atoms with Gasteiger partial charge in [0.25, 0.3) is 0 Å². The van der Waals surface area contributed by atoms with E-state index in [-0.39, 0.29) is 6.10 Å². The molecule has 0 saturated carbocycles. The van der Waals surface area contributed by atoms with Crippen molar-refractivity contribution in [3.05, 3.63) is 59.1 Å². The summed E-state index contributed by atoms with van der Waals surface area (Å²) in [7, 11) is 0. The van der Waals surface area contributed by atoms with Crippen LogP contribution in [-0.4, -0.2) is 42.4 Å². The van der Waals surface area contributed by atoms with E-state index < -0.39 is 18.1 Å². The maximum atomic E-state index is 12.0. The molecule has 0 amide bonds. The Kier molecular flexibility index (Phi) is 7.24. The van der Waals surface area contributed by atoms with Gasteiger partial charge in [-0.05, 0) is 48.5 Å². The average molecular weight is 418 g/mol. The van der Waals surface area contributed by atoms with Crippen molar-refractivity contribution in [1.29, 1.82) is 0 Å². The molecular formula is C18H15ClF3NO5. The number of aliphatic carboxylic acids is 1. The molecular weight excluding hydrogens is 403 g/mol. The van der Waals surface area contributed by atoms with Gasteiger partial charge in [0.05, 0.1) is 5.56 Å². The molecule has 0 aliphatic carbocycles. The monoisotopic (exact) mass is 417 g/mol. The Balaban J connectivity index is 0.000000345. The first-order valence-electron chi connectivity index (χ1n) is 7.90.